The van der Waals surface area contributed by atoms with E-state index in [1.807, 2.05) is 60.5 Å². The molecule has 44 heavy (non-hydrogen) atoms. The highest BCUT2D eigenvalue weighted by atomic mass is 19.4. The first-order valence-corrected chi connectivity index (χ1v) is 14.0. The van der Waals surface area contributed by atoms with Gasteiger partial charge in [0.25, 0.3) is 11.7 Å². The number of anilines is 2. The van der Waals surface area contributed by atoms with Gasteiger partial charge < -0.3 is 24.4 Å². The topological polar surface area (TPSA) is 99.0 Å². The third-order valence-electron chi connectivity index (χ3n) is 7.85. The Bertz CT molecular complexity index is 1670. The quantitative estimate of drug-likeness (QED) is 0.305. The molecule has 3 aliphatic heterocycles. The molecule has 0 radical (unpaired) electrons. The van der Waals surface area contributed by atoms with Crippen molar-refractivity contribution in [2.24, 2.45) is 0 Å². The average Bonchev–Trinajstić information content (AvgIpc) is 3.64. The van der Waals surface area contributed by atoms with Crippen LogP contribution in [0, 0.1) is 0 Å². The number of hydrogen-bond acceptors (Lipinski definition) is 8. The van der Waals surface area contributed by atoms with Crippen LogP contribution in [0.4, 0.5) is 24.7 Å². The van der Waals surface area contributed by atoms with Crippen LogP contribution in [0.3, 0.4) is 0 Å². The summed E-state index contributed by atoms with van der Waals surface area (Å²) in [7, 11) is 1.89. The van der Waals surface area contributed by atoms with Crippen LogP contribution in [0.5, 0.6) is 0 Å². The molecule has 3 aromatic rings. The maximum absolute atomic E-state index is 13.5. The normalized spacial score (nSPS) is 20.0. The highest BCUT2D eigenvalue weighted by molar-refractivity contribution is 6.42. The van der Waals surface area contributed by atoms with E-state index < -0.39 is 35.4 Å². The number of likely N-dealkylation sites (N-methyl/N-ethyl adjacent to an activating group) is 1. The lowest BCUT2D eigenvalue weighted by molar-refractivity contribution is -0.137. The first-order valence-electron chi connectivity index (χ1n) is 14.0. The number of nitrogens with one attached hydrogen (secondary N) is 1. The van der Waals surface area contributed by atoms with E-state index in [1.165, 1.54) is 24.3 Å². The molecule has 4 heterocycles. The zero-order valence-corrected chi connectivity index (χ0v) is 23.6. The van der Waals surface area contributed by atoms with E-state index in [0.29, 0.717) is 37.4 Å². The fraction of sp³-hybridized carbons (Fsp3) is 0.250. The minimum Gasteiger partial charge on any atom is -0.420 e. The molecule has 2 atom stereocenters. The zero-order chi connectivity index (χ0) is 31.0. The smallest absolute Gasteiger partial charge is 0.420 e. The Kier molecular flexibility index (Phi) is 7.68. The van der Waals surface area contributed by atoms with Crippen molar-refractivity contribution in [3.8, 4) is 11.5 Å². The Morgan fingerprint density at radius 3 is 2.34 bits per heavy atom. The molecular formula is C32H28F3N5O4. The van der Waals surface area contributed by atoms with Crippen LogP contribution in [0.25, 0.3) is 11.5 Å². The molecule has 226 valence electrons. The molecule has 1 N–H and O–H groups in total. The minimum atomic E-state index is -5.12. The summed E-state index contributed by atoms with van der Waals surface area (Å²) in [6, 6.07) is 14.6. The Hall–Kier alpha value is -4.97. The SMILES string of the molecule is CN1CCN(c2oc(-c3ccc(NC(=O)C(=O)C4C(c5ccccc5)C=C5C=CC=CN54)cc3)nc2C(=O)C(F)(F)F)CC1. The van der Waals surface area contributed by atoms with Crippen molar-refractivity contribution in [2.75, 3.05) is 43.4 Å². The molecule has 2 aromatic carbocycles. The molecule has 1 saturated heterocycles. The van der Waals surface area contributed by atoms with E-state index >= 15 is 0 Å². The fourth-order valence-electron chi connectivity index (χ4n) is 5.52. The number of Topliss-reactive ketones (excluding diaryl/α,β-unsaturated/α-hetero) is 2. The number of ketones is 2. The third kappa shape index (κ3) is 5.68. The predicted molar refractivity (Wildman–Crippen MR) is 157 cm³/mol. The summed E-state index contributed by atoms with van der Waals surface area (Å²) >= 11 is 0. The second-order valence-corrected chi connectivity index (χ2v) is 10.8. The van der Waals surface area contributed by atoms with Crippen molar-refractivity contribution < 1.29 is 32.0 Å². The van der Waals surface area contributed by atoms with Crippen molar-refractivity contribution in [3.63, 3.8) is 0 Å². The standard InChI is InChI=1S/C32H28F3N5O4/c1-38-15-17-39(18-16-38)31-25(28(42)32(33,34)35)37-30(44-31)21-10-12-22(13-11-21)36-29(43)27(41)26-24(20-7-3-2-4-8-20)19-23-9-5-6-14-40(23)26/h2-14,19,24,26H,15-18H2,1H3,(H,36,43). The Labute approximate surface area is 250 Å². The van der Waals surface area contributed by atoms with E-state index in [2.05, 4.69) is 10.3 Å². The van der Waals surface area contributed by atoms with E-state index in [9.17, 15) is 27.6 Å². The van der Waals surface area contributed by atoms with Crippen LogP contribution in [0.2, 0.25) is 0 Å². The van der Waals surface area contributed by atoms with Gasteiger partial charge in [-0.05, 0) is 49.0 Å². The van der Waals surface area contributed by atoms with E-state index in [0.717, 1.165) is 11.3 Å². The molecule has 1 aromatic heterocycles. The van der Waals surface area contributed by atoms with Crippen molar-refractivity contribution in [3.05, 3.63) is 102 Å². The van der Waals surface area contributed by atoms with Crippen LogP contribution in [-0.2, 0) is 9.59 Å². The molecular weight excluding hydrogens is 575 g/mol. The molecule has 9 nitrogen and oxygen atoms in total. The molecule has 2 unspecified atom stereocenters. The summed E-state index contributed by atoms with van der Waals surface area (Å²) in [5, 5.41) is 2.63. The molecule has 3 aliphatic rings. The van der Waals surface area contributed by atoms with Crippen LogP contribution < -0.4 is 10.2 Å². The van der Waals surface area contributed by atoms with Gasteiger partial charge in [-0.2, -0.15) is 13.2 Å². The first-order chi connectivity index (χ1) is 21.1. The molecule has 1 fully saturated rings. The first kappa shape index (κ1) is 29.1. The Morgan fingerprint density at radius 2 is 1.66 bits per heavy atom. The largest absolute Gasteiger partial charge is 0.456 e. The number of carbonyl (C=O) groups is 3. The highest BCUT2D eigenvalue weighted by Gasteiger charge is 2.45. The maximum Gasteiger partial charge on any atom is 0.456 e. The van der Waals surface area contributed by atoms with Crippen molar-refractivity contribution in [1.82, 2.24) is 14.8 Å². The number of nitrogens with zero attached hydrogens (tertiary/aromatic N) is 4. The number of halogens is 3. The van der Waals surface area contributed by atoms with Gasteiger partial charge in [0.2, 0.25) is 17.6 Å². The molecule has 0 bridgehead atoms. The number of aromatic nitrogens is 1. The molecule has 0 aliphatic carbocycles. The van der Waals surface area contributed by atoms with Crippen LogP contribution in [0.1, 0.15) is 22.0 Å². The molecule has 6 rings (SSSR count). The van der Waals surface area contributed by atoms with Gasteiger partial charge in [-0.25, -0.2) is 4.98 Å². The minimum absolute atomic E-state index is 0.166. The van der Waals surface area contributed by atoms with Gasteiger partial charge >= 0.3 is 6.18 Å². The number of fused-ring (bicyclic) bond motifs is 1. The number of oxazole rings is 1. The highest BCUT2D eigenvalue weighted by Crippen LogP contribution is 2.38. The van der Waals surface area contributed by atoms with Gasteiger partial charge in [0.05, 0.1) is 0 Å². The van der Waals surface area contributed by atoms with E-state index in [1.54, 1.807) is 22.1 Å². The summed E-state index contributed by atoms with van der Waals surface area (Å²) in [6.07, 6.45) is 4.15. The fourth-order valence-corrected chi connectivity index (χ4v) is 5.52. The van der Waals surface area contributed by atoms with E-state index in [4.69, 9.17) is 4.42 Å². The van der Waals surface area contributed by atoms with Crippen LogP contribution in [-0.4, -0.2) is 77.7 Å². The number of rotatable bonds is 7. The molecule has 1 amide bonds. The summed E-state index contributed by atoms with van der Waals surface area (Å²) in [4.78, 5) is 48.2. The van der Waals surface area contributed by atoms with E-state index in [-0.39, 0.29) is 17.7 Å². The number of amides is 1. The van der Waals surface area contributed by atoms with Gasteiger partial charge in [0, 0.05) is 55.2 Å². The van der Waals surface area contributed by atoms with Crippen LogP contribution in [0.15, 0.2) is 95.2 Å². The summed E-state index contributed by atoms with van der Waals surface area (Å²) in [6.45, 7) is 1.90. The number of alkyl halides is 3. The van der Waals surface area contributed by atoms with Gasteiger partial charge in [-0.15, -0.1) is 0 Å². The zero-order valence-electron chi connectivity index (χ0n) is 23.6. The average molecular weight is 604 g/mol. The number of carbonyl (C=O) groups excluding carboxylic acids is 3. The van der Waals surface area contributed by atoms with Crippen molar-refractivity contribution in [1.29, 1.82) is 0 Å². The second-order valence-electron chi connectivity index (χ2n) is 10.8. The van der Waals surface area contributed by atoms with Crippen molar-refractivity contribution >= 4 is 29.0 Å². The number of piperazine rings is 1. The number of benzene rings is 2. The lowest BCUT2D eigenvalue weighted by Crippen LogP contribution is -2.45. The predicted octanol–water partition coefficient (Wildman–Crippen LogP) is 4.78. The third-order valence-corrected chi connectivity index (χ3v) is 7.85. The Balaban J connectivity index is 1.21. The number of allylic oxidation sites excluding steroid dienone is 3. The molecule has 12 heteroatoms. The Morgan fingerprint density at radius 1 is 0.955 bits per heavy atom. The van der Waals surface area contributed by atoms with Gasteiger partial charge in [-0.3, -0.25) is 14.4 Å². The molecule has 0 saturated carbocycles. The van der Waals surface area contributed by atoms with Crippen molar-refractivity contribution in [2.45, 2.75) is 18.1 Å². The lowest BCUT2D eigenvalue weighted by atomic mass is 9.90. The van der Waals surface area contributed by atoms with Crippen LogP contribution >= 0.6 is 0 Å². The number of hydrogen-bond donors (Lipinski definition) is 1. The maximum atomic E-state index is 13.5. The summed E-state index contributed by atoms with van der Waals surface area (Å²) in [5.41, 5.74) is 1.52. The molecule has 0 spiro atoms. The monoisotopic (exact) mass is 603 g/mol. The lowest BCUT2D eigenvalue weighted by Gasteiger charge is -2.32. The summed E-state index contributed by atoms with van der Waals surface area (Å²) < 4.78 is 45.9. The van der Waals surface area contributed by atoms with Gasteiger partial charge in [0.1, 0.15) is 6.04 Å². The van der Waals surface area contributed by atoms with Gasteiger partial charge in [0.15, 0.2) is 5.69 Å². The summed E-state index contributed by atoms with van der Waals surface area (Å²) in [5.74, 6) is -4.26. The second kappa shape index (κ2) is 11.6. The van der Waals surface area contributed by atoms with Gasteiger partial charge in [-0.1, -0.05) is 42.5 Å².